The monoisotopic (exact) mass is 559 g/mol. The van der Waals surface area contributed by atoms with E-state index >= 15 is 0 Å². The average Bonchev–Trinajstić information content (AvgIpc) is 3.74. The van der Waals surface area contributed by atoms with Crippen LogP contribution in [0.4, 0.5) is 16.0 Å². The van der Waals surface area contributed by atoms with Crippen LogP contribution in [0.25, 0.3) is 16.9 Å². The number of hydrogen-bond acceptors (Lipinski definition) is 9. The van der Waals surface area contributed by atoms with Crippen molar-refractivity contribution >= 4 is 28.6 Å². The Morgan fingerprint density at radius 3 is 2.68 bits per heavy atom. The second kappa shape index (κ2) is 10.7. The lowest BCUT2D eigenvalue weighted by Crippen LogP contribution is -2.50. The van der Waals surface area contributed by atoms with Gasteiger partial charge in [0.05, 0.1) is 30.0 Å². The number of carbonyl (C=O) groups excluding carboxylic acids is 1. The normalized spacial score (nSPS) is 19.8. The summed E-state index contributed by atoms with van der Waals surface area (Å²) in [6, 6.07) is 5.15. The number of amides is 1. The van der Waals surface area contributed by atoms with Gasteiger partial charge in [0.1, 0.15) is 17.2 Å². The van der Waals surface area contributed by atoms with E-state index in [0.29, 0.717) is 54.6 Å². The molecule has 1 aliphatic rings. The van der Waals surface area contributed by atoms with Crippen LogP contribution in [-0.2, 0) is 9.53 Å². The molecule has 1 fully saturated rings. The molecule has 0 radical (unpaired) electrons. The first kappa shape index (κ1) is 26.5. The minimum Gasteiger partial charge on any atom is -0.368 e. The van der Waals surface area contributed by atoms with Crippen molar-refractivity contribution in [1.29, 1.82) is 0 Å². The number of aromatic amines is 2. The largest absolute Gasteiger partial charge is 0.368 e. The van der Waals surface area contributed by atoms with E-state index in [1.807, 2.05) is 26.0 Å². The van der Waals surface area contributed by atoms with E-state index in [2.05, 4.69) is 41.1 Å². The highest BCUT2D eigenvalue weighted by atomic mass is 19.1. The van der Waals surface area contributed by atoms with Crippen LogP contribution in [0.3, 0.4) is 0 Å². The first-order valence-corrected chi connectivity index (χ1v) is 13.4. The average molecular weight is 560 g/mol. The second-order valence-electron chi connectivity index (χ2n) is 10.3. The van der Waals surface area contributed by atoms with Gasteiger partial charge in [-0.25, -0.2) is 24.0 Å². The van der Waals surface area contributed by atoms with E-state index in [1.165, 1.54) is 10.9 Å². The number of anilines is 2. The molecule has 1 aliphatic carbocycles. The zero-order valence-corrected chi connectivity index (χ0v) is 22.8. The zero-order valence-electron chi connectivity index (χ0n) is 22.8. The molecule has 5 heterocycles. The molecule has 14 heteroatoms. The van der Waals surface area contributed by atoms with Crippen LogP contribution in [0, 0.1) is 12.7 Å². The predicted octanol–water partition coefficient (Wildman–Crippen LogP) is 3.77. The maximum atomic E-state index is 13.5. The summed E-state index contributed by atoms with van der Waals surface area (Å²) in [4.78, 5) is 27.4. The van der Waals surface area contributed by atoms with Crippen molar-refractivity contribution < 1.29 is 13.9 Å². The number of aryl methyl sites for hydroxylation is 1. The first-order valence-electron chi connectivity index (χ1n) is 13.4. The number of nitrogens with one attached hydrogen (secondary N) is 4. The number of H-pyrrole nitrogens is 2. The standard InChI is InChI=1S/C27H30FN11O2/c1-15-10-21(37-36-15)33-24-20-13-30-38-25(20)35-23(34-24)17-6-8-27(41-3,9-7-17)26(40)32-16(2)18-4-5-22(29-11-18)39-14-19(28)12-31-39/h4-5,10-14,16-17H,6-9H2,1-3H3,(H,32,40)(H3,30,33,34,35,36,37,38)/t16-,17?,27?/m0/s1. The molecule has 0 aromatic carbocycles. The van der Waals surface area contributed by atoms with Gasteiger partial charge >= 0.3 is 0 Å². The molecular formula is C27H30FN11O2. The maximum Gasteiger partial charge on any atom is 0.252 e. The first-order chi connectivity index (χ1) is 19.8. The molecule has 0 unspecified atom stereocenters. The number of halogens is 1. The van der Waals surface area contributed by atoms with Crippen LogP contribution >= 0.6 is 0 Å². The number of pyridine rings is 1. The smallest absolute Gasteiger partial charge is 0.252 e. The lowest BCUT2D eigenvalue weighted by atomic mass is 9.77. The van der Waals surface area contributed by atoms with Gasteiger partial charge in [-0.2, -0.15) is 15.3 Å². The fourth-order valence-electron chi connectivity index (χ4n) is 5.23. The molecular weight excluding hydrogens is 529 g/mol. The van der Waals surface area contributed by atoms with E-state index in [1.54, 1.807) is 25.6 Å². The second-order valence-corrected chi connectivity index (χ2v) is 10.3. The molecule has 13 nitrogen and oxygen atoms in total. The van der Waals surface area contributed by atoms with Crippen LogP contribution in [0.1, 0.15) is 61.6 Å². The summed E-state index contributed by atoms with van der Waals surface area (Å²) in [7, 11) is 1.57. The Labute approximate surface area is 234 Å². The highest BCUT2D eigenvalue weighted by Crippen LogP contribution is 2.40. The molecule has 1 saturated carbocycles. The van der Waals surface area contributed by atoms with Crippen LogP contribution in [-0.4, -0.2) is 63.7 Å². The Hall–Kier alpha value is -4.72. The van der Waals surface area contributed by atoms with Gasteiger partial charge in [0.2, 0.25) is 0 Å². The Morgan fingerprint density at radius 2 is 2.02 bits per heavy atom. The van der Waals surface area contributed by atoms with Crippen molar-refractivity contribution in [3.8, 4) is 5.82 Å². The Kier molecular flexibility index (Phi) is 6.91. The lowest BCUT2D eigenvalue weighted by Gasteiger charge is -2.38. The van der Waals surface area contributed by atoms with Crippen molar-refractivity contribution in [1.82, 2.24) is 50.4 Å². The quantitative estimate of drug-likeness (QED) is 0.221. The van der Waals surface area contributed by atoms with Gasteiger partial charge in [0.25, 0.3) is 5.91 Å². The predicted molar refractivity (Wildman–Crippen MR) is 147 cm³/mol. The van der Waals surface area contributed by atoms with E-state index < -0.39 is 11.4 Å². The Morgan fingerprint density at radius 1 is 1.20 bits per heavy atom. The number of hydrogen-bond donors (Lipinski definition) is 4. The molecule has 6 rings (SSSR count). The summed E-state index contributed by atoms with van der Waals surface area (Å²) >= 11 is 0. The van der Waals surface area contributed by atoms with Crippen molar-refractivity contribution in [3.05, 3.63) is 65.9 Å². The fourth-order valence-corrected chi connectivity index (χ4v) is 5.23. The number of fused-ring (bicyclic) bond motifs is 1. The van der Waals surface area contributed by atoms with Gasteiger partial charge in [-0.15, -0.1) is 0 Å². The van der Waals surface area contributed by atoms with Gasteiger partial charge in [-0.1, -0.05) is 6.07 Å². The molecule has 212 valence electrons. The summed E-state index contributed by atoms with van der Waals surface area (Å²) in [6.07, 6.45) is 8.08. The zero-order chi connectivity index (χ0) is 28.6. The van der Waals surface area contributed by atoms with Crippen LogP contribution < -0.4 is 10.6 Å². The molecule has 0 spiro atoms. The molecule has 1 atom stereocenters. The number of methoxy groups -OCH3 is 1. The SMILES string of the molecule is COC1(C(=O)N[C@@H](C)c2ccc(-n3cc(F)cn3)nc2)CCC(c2nc(Nc3cc(C)[nH]n3)c3cn[nH]c3n2)CC1. The van der Waals surface area contributed by atoms with Crippen molar-refractivity contribution in [2.45, 2.75) is 57.1 Å². The van der Waals surface area contributed by atoms with Crippen molar-refractivity contribution in [2.75, 3.05) is 12.4 Å². The summed E-state index contributed by atoms with van der Waals surface area (Å²) in [6.45, 7) is 3.82. The van der Waals surface area contributed by atoms with Crippen LogP contribution in [0.2, 0.25) is 0 Å². The highest BCUT2D eigenvalue weighted by Gasteiger charge is 2.43. The molecule has 5 aromatic heterocycles. The minimum atomic E-state index is -0.962. The molecule has 1 amide bonds. The highest BCUT2D eigenvalue weighted by molar-refractivity contribution is 5.88. The lowest BCUT2D eigenvalue weighted by molar-refractivity contribution is -0.148. The number of nitrogens with zero attached hydrogens (tertiary/aromatic N) is 7. The molecule has 0 saturated heterocycles. The Balaban J connectivity index is 1.13. The van der Waals surface area contributed by atoms with E-state index in [9.17, 15) is 9.18 Å². The van der Waals surface area contributed by atoms with Gasteiger partial charge in [0, 0.05) is 31.0 Å². The maximum absolute atomic E-state index is 13.5. The van der Waals surface area contributed by atoms with Gasteiger partial charge in [-0.05, 0) is 51.2 Å². The summed E-state index contributed by atoms with van der Waals surface area (Å²) in [5, 5.41) is 25.3. The number of rotatable bonds is 8. The summed E-state index contributed by atoms with van der Waals surface area (Å²) in [5.74, 6) is 1.87. The summed E-state index contributed by atoms with van der Waals surface area (Å²) < 4.78 is 20.5. The third-order valence-corrected chi connectivity index (χ3v) is 7.65. The topological polar surface area (TPSA) is 164 Å². The molecule has 5 aromatic rings. The van der Waals surface area contributed by atoms with Gasteiger partial charge in [0.15, 0.2) is 23.1 Å². The fraction of sp³-hybridized carbons (Fsp3) is 0.370. The Bertz CT molecular complexity index is 1670. The summed E-state index contributed by atoms with van der Waals surface area (Å²) in [5.41, 5.74) is 1.41. The van der Waals surface area contributed by atoms with Crippen LogP contribution in [0.15, 0.2) is 43.0 Å². The van der Waals surface area contributed by atoms with Gasteiger partial charge < -0.3 is 15.4 Å². The van der Waals surface area contributed by atoms with E-state index in [4.69, 9.17) is 14.7 Å². The van der Waals surface area contributed by atoms with Crippen molar-refractivity contribution in [2.24, 2.45) is 0 Å². The molecule has 4 N–H and O–H groups in total. The number of carbonyl (C=O) groups is 1. The molecule has 41 heavy (non-hydrogen) atoms. The van der Waals surface area contributed by atoms with Gasteiger partial charge in [-0.3, -0.25) is 15.0 Å². The number of aromatic nitrogens is 9. The molecule has 0 aliphatic heterocycles. The minimum absolute atomic E-state index is 0.0431. The molecule has 0 bridgehead atoms. The number of ether oxygens (including phenoxy) is 1. The van der Waals surface area contributed by atoms with E-state index in [0.717, 1.165) is 22.8 Å². The van der Waals surface area contributed by atoms with E-state index in [-0.39, 0.29) is 17.9 Å². The van der Waals surface area contributed by atoms with Crippen molar-refractivity contribution in [3.63, 3.8) is 0 Å². The van der Waals surface area contributed by atoms with Crippen LogP contribution in [0.5, 0.6) is 0 Å². The third-order valence-electron chi connectivity index (χ3n) is 7.65. The third kappa shape index (κ3) is 5.25.